The Morgan fingerprint density at radius 1 is 1.75 bits per heavy atom. The first kappa shape index (κ1) is 9.00. The molecule has 0 radical (unpaired) electrons. The van der Waals surface area contributed by atoms with E-state index in [2.05, 4.69) is 32.9 Å². The fourth-order valence-corrected chi connectivity index (χ4v) is 1.11. The van der Waals surface area contributed by atoms with E-state index in [1.165, 1.54) is 0 Å². The normalized spacial score (nSPS) is 8.67. The van der Waals surface area contributed by atoms with Crippen molar-refractivity contribution in [3.05, 3.63) is 22.0 Å². The lowest BCUT2D eigenvalue weighted by molar-refractivity contribution is -0.111. The third kappa shape index (κ3) is 2.20. The molecule has 1 N–H and O–H groups in total. The number of terminal acetylenes is 1. The van der Waals surface area contributed by atoms with Crippen LogP contribution in [0.15, 0.2) is 18.5 Å². The molecule has 1 aromatic heterocycles. The van der Waals surface area contributed by atoms with Crippen LogP contribution < -0.4 is 5.32 Å². The van der Waals surface area contributed by atoms with Gasteiger partial charge in [-0.05, 0) is 34.6 Å². The van der Waals surface area contributed by atoms with Gasteiger partial charge >= 0.3 is 0 Å². The number of hydrogen-bond donors (Lipinski definition) is 1. The number of halogens is 1. The van der Waals surface area contributed by atoms with Gasteiger partial charge in [0.2, 0.25) is 0 Å². The summed E-state index contributed by atoms with van der Waals surface area (Å²) >= 11 is 2.06. The maximum absolute atomic E-state index is 10.8. The molecule has 12 heavy (non-hydrogen) atoms. The molecular weight excluding hydrogens is 267 g/mol. The van der Waals surface area contributed by atoms with E-state index < -0.39 is 5.91 Å². The summed E-state index contributed by atoms with van der Waals surface area (Å²) in [5, 5.41) is 2.54. The number of anilines is 1. The molecule has 1 rings (SSSR count). The molecule has 1 amide bonds. The molecule has 0 unspecified atom stereocenters. The molecule has 60 valence electrons. The number of pyridine rings is 1. The molecule has 0 bridgehead atoms. The highest BCUT2D eigenvalue weighted by atomic mass is 127. The molecule has 4 heteroatoms. The van der Waals surface area contributed by atoms with Crippen LogP contribution in [0.3, 0.4) is 0 Å². The lowest BCUT2D eigenvalue weighted by atomic mass is 10.4. The smallest absolute Gasteiger partial charge is 0.300 e. The summed E-state index contributed by atoms with van der Waals surface area (Å²) in [6, 6.07) is 1.69. The Labute approximate surface area is 83.7 Å². The first-order valence-corrected chi connectivity index (χ1v) is 4.19. The predicted octanol–water partition coefficient (Wildman–Crippen LogP) is 1.26. The van der Waals surface area contributed by atoms with E-state index in [0.717, 1.165) is 3.57 Å². The summed E-state index contributed by atoms with van der Waals surface area (Å²) in [5.74, 6) is 1.52. The zero-order chi connectivity index (χ0) is 8.97. The summed E-state index contributed by atoms with van der Waals surface area (Å²) in [6.45, 7) is 0. The van der Waals surface area contributed by atoms with Crippen LogP contribution in [0.1, 0.15) is 0 Å². The summed E-state index contributed by atoms with van der Waals surface area (Å²) < 4.78 is 0.860. The minimum absolute atomic E-state index is 0.445. The van der Waals surface area contributed by atoms with Gasteiger partial charge in [-0.15, -0.1) is 6.42 Å². The van der Waals surface area contributed by atoms with Crippen molar-refractivity contribution in [2.24, 2.45) is 0 Å². The van der Waals surface area contributed by atoms with Gasteiger partial charge in [0.1, 0.15) is 0 Å². The van der Waals surface area contributed by atoms with Crippen molar-refractivity contribution in [1.29, 1.82) is 0 Å². The molecule has 0 aliphatic rings. The van der Waals surface area contributed by atoms with Crippen molar-refractivity contribution < 1.29 is 4.79 Å². The summed E-state index contributed by atoms with van der Waals surface area (Å²) in [6.07, 6.45) is 8.13. The third-order valence-electron chi connectivity index (χ3n) is 1.15. The second kappa shape index (κ2) is 4.07. The molecule has 0 atom stereocenters. The molecular formula is C8H5IN2O. The van der Waals surface area contributed by atoms with Gasteiger partial charge in [-0.3, -0.25) is 9.78 Å². The van der Waals surface area contributed by atoms with Crippen LogP contribution in [0.5, 0.6) is 0 Å². The van der Waals surface area contributed by atoms with Crippen LogP contribution in [0.2, 0.25) is 0 Å². The topological polar surface area (TPSA) is 42.0 Å². The number of carbonyl (C=O) groups is 1. The molecule has 0 spiro atoms. The van der Waals surface area contributed by atoms with Gasteiger partial charge in [0.15, 0.2) is 0 Å². The zero-order valence-electron chi connectivity index (χ0n) is 6.04. The Balaban J connectivity index is 2.84. The fourth-order valence-electron chi connectivity index (χ4n) is 0.635. The van der Waals surface area contributed by atoms with Crippen molar-refractivity contribution in [3.8, 4) is 12.3 Å². The van der Waals surface area contributed by atoms with E-state index in [1.54, 1.807) is 18.5 Å². The Morgan fingerprint density at radius 2 is 2.50 bits per heavy atom. The number of carbonyl (C=O) groups excluding carboxylic acids is 1. The molecule has 0 saturated carbocycles. The SMILES string of the molecule is C#CC(=O)Nc1ccncc1I. The number of nitrogens with one attached hydrogen (secondary N) is 1. The van der Waals surface area contributed by atoms with E-state index in [4.69, 9.17) is 6.42 Å². The van der Waals surface area contributed by atoms with E-state index in [-0.39, 0.29) is 0 Å². The average Bonchev–Trinajstić information content (AvgIpc) is 2.09. The molecule has 0 aliphatic heterocycles. The summed E-state index contributed by atoms with van der Waals surface area (Å²) in [4.78, 5) is 14.6. The fraction of sp³-hybridized carbons (Fsp3) is 0. The maximum atomic E-state index is 10.8. The molecule has 1 aromatic rings. The standard InChI is InChI=1S/C8H5IN2O/c1-2-8(12)11-7-3-4-10-5-6(7)9/h1,3-5H,(H,10,11,12). The highest BCUT2D eigenvalue weighted by Gasteiger charge is 2.00. The number of aromatic nitrogens is 1. The van der Waals surface area contributed by atoms with Crippen molar-refractivity contribution in [1.82, 2.24) is 4.98 Å². The Morgan fingerprint density at radius 3 is 3.08 bits per heavy atom. The van der Waals surface area contributed by atoms with Crippen LogP contribution in [0.25, 0.3) is 0 Å². The van der Waals surface area contributed by atoms with Crippen LogP contribution in [0.4, 0.5) is 5.69 Å². The number of nitrogens with zero attached hydrogens (tertiary/aromatic N) is 1. The lowest BCUT2D eigenvalue weighted by Gasteiger charge is -2.01. The minimum Gasteiger partial charge on any atom is -0.314 e. The van der Waals surface area contributed by atoms with Gasteiger partial charge in [0, 0.05) is 12.4 Å². The molecule has 1 heterocycles. The predicted molar refractivity (Wildman–Crippen MR) is 54.4 cm³/mol. The van der Waals surface area contributed by atoms with Gasteiger partial charge in [-0.2, -0.15) is 0 Å². The molecule has 0 aromatic carbocycles. The van der Waals surface area contributed by atoms with Crippen LogP contribution in [-0.4, -0.2) is 10.9 Å². The van der Waals surface area contributed by atoms with Gasteiger partial charge in [-0.25, -0.2) is 0 Å². The van der Waals surface area contributed by atoms with E-state index in [1.807, 2.05) is 5.92 Å². The van der Waals surface area contributed by atoms with E-state index >= 15 is 0 Å². The van der Waals surface area contributed by atoms with Gasteiger partial charge in [-0.1, -0.05) is 0 Å². The quantitative estimate of drug-likeness (QED) is 0.617. The highest BCUT2D eigenvalue weighted by molar-refractivity contribution is 14.1. The van der Waals surface area contributed by atoms with Crippen LogP contribution in [-0.2, 0) is 4.79 Å². The second-order valence-electron chi connectivity index (χ2n) is 1.95. The average molecular weight is 272 g/mol. The monoisotopic (exact) mass is 272 g/mol. The summed E-state index contributed by atoms with van der Waals surface area (Å²) in [7, 11) is 0. The number of hydrogen-bond acceptors (Lipinski definition) is 2. The largest absolute Gasteiger partial charge is 0.314 e. The van der Waals surface area contributed by atoms with Gasteiger partial charge in [0.05, 0.1) is 9.26 Å². The maximum Gasteiger partial charge on any atom is 0.300 e. The van der Waals surface area contributed by atoms with Crippen molar-refractivity contribution in [2.75, 3.05) is 5.32 Å². The van der Waals surface area contributed by atoms with Crippen molar-refractivity contribution in [2.45, 2.75) is 0 Å². The van der Waals surface area contributed by atoms with E-state index in [9.17, 15) is 4.79 Å². The third-order valence-corrected chi connectivity index (χ3v) is 2.01. The molecule has 3 nitrogen and oxygen atoms in total. The highest BCUT2D eigenvalue weighted by Crippen LogP contribution is 2.14. The van der Waals surface area contributed by atoms with Gasteiger partial charge < -0.3 is 5.32 Å². The first-order valence-electron chi connectivity index (χ1n) is 3.11. The Kier molecular flexibility index (Phi) is 3.05. The molecule has 0 aliphatic carbocycles. The van der Waals surface area contributed by atoms with Crippen LogP contribution in [0, 0.1) is 15.9 Å². The zero-order valence-corrected chi connectivity index (χ0v) is 8.20. The lowest BCUT2D eigenvalue weighted by Crippen LogP contribution is -2.09. The Bertz CT molecular complexity index is 343. The number of rotatable bonds is 1. The molecule has 0 saturated heterocycles. The molecule has 0 fully saturated rings. The Hall–Kier alpha value is -1.09. The van der Waals surface area contributed by atoms with Crippen molar-refractivity contribution in [3.63, 3.8) is 0 Å². The van der Waals surface area contributed by atoms with Crippen LogP contribution >= 0.6 is 22.6 Å². The second-order valence-corrected chi connectivity index (χ2v) is 3.12. The van der Waals surface area contributed by atoms with Gasteiger partial charge in [0.25, 0.3) is 5.91 Å². The minimum atomic E-state index is -0.445. The summed E-state index contributed by atoms with van der Waals surface area (Å²) in [5.41, 5.74) is 0.688. The van der Waals surface area contributed by atoms with E-state index in [0.29, 0.717) is 5.69 Å². The number of amides is 1. The van der Waals surface area contributed by atoms with Crippen molar-refractivity contribution >= 4 is 34.2 Å². The first-order chi connectivity index (χ1) is 5.74.